The van der Waals surface area contributed by atoms with Crippen molar-refractivity contribution in [3.8, 4) is 17.0 Å². The summed E-state index contributed by atoms with van der Waals surface area (Å²) in [4.78, 5) is 4.65. The summed E-state index contributed by atoms with van der Waals surface area (Å²) in [6.45, 7) is 5.59. The fraction of sp³-hybridized carbons (Fsp3) is 0.333. The summed E-state index contributed by atoms with van der Waals surface area (Å²) in [5.41, 5.74) is 0.830. The van der Waals surface area contributed by atoms with Gasteiger partial charge in [0, 0.05) is 17.2 Å². The Hall–Kier alpha value is -3.06. The smallest absolute Gasteiger partial charge is 0.154 e. The molecule has 1 saturated carbocycles. The maximum atomic E-state index is 15.7. The molecule has 35 heavy (non-hydrogen) atoms. The molecule has 0 amide bonds. The zero-order valence-electron chi connectivity index (χ0n) is 19.7. The molecule has 8 heteroatoms. The van der Waals surface area contributed by atoms with Crippen molar-refractivity contribution < 1.29 is 23.0 Å². The summed E-state index contributed by atoms with van der Waals surface area (Å²) in [5.74, 6) is -2.40. The maximum Gasteiger partial charge on any atom is 0.154 e. The highest BCUT2D eigenvalue weighted by Crippen LogP contribution is 2.54. The third kappa shape index (κ3) is 4.74. The number of alkyl halides is 1. The third-order valence-electron chi connectivity index (χ3n) is 6.43. The summed E-state index contributed by atoms with van der Waals surface area (Å²) in [6.07, 6.45) is 5.86. The number of benzene rings is 1. The fourth-order valence-electron chi connectivity index (χ4n) is 4.39. The number of ether oxygens (including phenoxy) is 1. The minimum Gasteiger partial charge on any atom is -0.506 e. The lowest BCUT2D eigenvalue weighted by molar-refractivity contribution is 0.250. The van der Waals surface area contributed by atoms with E-state index in [0.717, 1.165) is 6.07 Å². The van der Waals surface area contributed by atoms with Gasteiger partial charge in [0.15, 0.2) is 5.82 Å². The van der Waals surface area contributed by atoms with Crippen molar-refractivity contribution in [2.24, 2.45) is 0 Å². The molecule has 1 unspecified atom stereocenters. The monoisotopic (exact) mass is 502 g/mol. The molecule has 4 nitrogen and oxygen atoms in total. The number of aromatic nitrogens is 1. The molecule has 1 aromatic carbocycles. The first kappa shape index (κ1) is 25.0. The van der Waals surface area contributed by atoms with Gasteiger partial charge in [-0.15, -0.1) is 0 Å². The Bertz CT molecular complexity index is 1300. The fourth-order valence-corrected chi connectivity index (χ4v) is 4.56. The third-order valence-corrected chi connectivity index (χ3v) is 6.77. The Morgan fingerprint density at radius 3 is 2.63 bits per heavy atom. The van der Waals surface area contributed by atoms with Gasteiger partial charge >= 0.3 is 0 Å². The van der Waals surface area contributed by atoms with Crippen LogP contribution in [0.2, 0.25) is 5.02 Å². The summed E-state index contributed by atoms with van der Waals surface area (Å²) in [7, 11) is 0. The predicted molar refractivity (Wildman–Crippen MR) is 131 cm³/mol. The normalized spacial score (nSPS) is 18.8. The lowest BCUT2D eigenvalue weighted by atomic mass is 9.85. The van der Waals surface area contributed by atoms with Crippen LogP contribution in [0.1, 0.15) is 50.3 Å². The van der Waals surface area contributed by atoms with Gasteiger partial charge in [0.25, 0.3) is 0 Å². The molecule has 0 radical (unpaired) electrons. The Balaban J connectivity index is 1.84. The summed E-state index contributed by atoms with van der Waals surface area (Å²) in [6, 6.07) is 4.03. The highest BCUT2D eigenvalue weighted by molar-refractivity contribution is 6.31. The molecule has 1 heterocycles. The number of hydrogen-bond donors (Lipinski definition) is 2. The van der Waals surface area contributed by atoms with Crippen LogP contribution >= 0.6 is 11.6 Å². The maximum absolute atomic E-state index is 15.7. The number of hydrogen-bond acceptors (Lipinski definition) is 4. The van der Waals surface area contributed by atoms with Crippen molar-refractivity contribution in [3.05, 3.63) is 81.2 Å². The standard InChI is InChI=1S/C27H26ClF3N2O2/c1-4-16-11-15(13-21(34)24(16)32)12-18(27(31)8-9-27)20-10-14(3)26(35-5-2)25(33-20)17-6-7-19(29)22(28)23(17)30/h4,6-7,10-11,13,18,32,34H,5,8-9,12H2,1-3H3/b16-4-,32-24?. The van der Waals surface area contributed by atoms with E-state index in [1.165, 1.54) is 12.1 Å². The second-order valence-corrected chi connectivity index (χ2v) is 9.23. The molecule has 1 atom stereocenters. The van der Waals surface area contributed by atoms with Crippen LogP contribution in [-0.4, -0.2) is 28.1 Å². The number of aryl methyl sites for hydroxylation is 1. The van der Waals surface area contributed by atoms with E-state index in [0.29, 0.717) is 41.0 Å². The first-order valence-electron chi connectivity index (χ1n) is 11.4. The Morgan fingerprint density at radius 1 is 1.29 bits per heavy atom. The summed E-state index contributed by atoms with van der Waals surface area (Å²) >= 11 is 5.83. The van der Waals surface area contributed by atoms with Crippen molar-refractivity contribution in [1.29, 1.82) is 5.41 Å². The van der Waals surface area contributed by atoms with Crippen LogP contribution in [0.3, 0.4) is 0 Å². The second-order valence-electron chi connectivity index (χ2n) is 8.86. The van der Waals surface area contributed by atoms with Gasteiger partial charge < -0.3 is 9.84 Å². The van der Waals surface area contributed by atoms with Crippen LogP contribution in [0.5, 0.6) is 5.75 Å². The molecule has 1 aromatic heterocycles. The topological polar surface area (TPSA) is 66.2 Å². The molecule has 2 aliphatic carbocycles. The molecule has 0 spiro atoms. The molecule has 0 saturated heterocycles. The Kier molecular flexibility index (Phi) is 6.82. The average Bonchev–Trinajstić information content (AvgIpc) is 3.57. The predicted octanol–water partition coefficient (Wildman–Crippen LogP) is 7.71. The minimum absolute atomic E-state index is 0.00942. The van der Waals surface area contributed by atoms with E-state index in [4.69, 9.17) is 21.7 Å². The van der Waals surface area contributed by atoms with Gasteiger partial charge in [-0.3, -0.25) is 5.41 Å². The van der Waals surface area contributed by atoms with E-state index in [1.807, 2.05) is 0 Å². The number of aliphatic hydroxyl groups is 1. The number of pyridine rings is 1. The quantitative estimate of drug-likeness (QED) is 0.381. The van der Waals surface area contributed by atoms with E-state index >= 15 is 8.78 Å². The summed E-state index contributed by atoms with van der Waals surface area (Å²) < 4.78 is 50.3. The number of rotatable bonds is 7. The molecule has 0 bridgehead atoms. The number of halogens is 4. The molecule has 184 valence electrons. The van der Waals surface area contributed by atoms with Crippen LogP contribution in [0, 0.1) is 24.0 Å². The zero-order chi connectivity index (χ0) is 25.5. The first-order chi connectivity index (χ1) is 16.6. The van der Waals surface area contributed by atoms with E-state index in [-0.39, 0.29) is 35.8 Å². The van der Waals surface area contributed by atoms with Gasteiger partial charge in [-0.1, -0.05) is 17.7 Å². The van der Waals surface area contributed by atoms with E-state index in [1.54, 1.807) is 39.0 Å². The van der Waals surface area contributed by atoms with Crippen molar-refractivity contribution in [2.45, 2.75) is 51.6 Å². The van der Waals surface area contributed by atoms with Gasteiger partial charge in [0.1, 0.15) is 39.4 Å². The van der Waals surface area contributed by atoms with Crippen LogP contribution in [0.15, 0.2) is 53.3 Å². The lowest BCUT2D eigenvalue weighted by Gasteiger charge is -2.25. The van der Waals surface area contributed by atoms with Gasteiger partial charge in [0.05, 0.1) is 6.61 Å². The second kappa shape index (κ2) is 9.53. The molecule has 2 aliphatic rings. The van der Waals surface area contributed by atoms with E-state index < -0.39 is 28.2 Å². The zero-order valence-corrected chi connectivity index (χ0v) is 20.4. The van der Waals surface area contributed by atoms with E-state index in [9.17, 15) is 9.50 Å². The largest absolute Gasteiger partial charge is 0.506 e. The average molecular weight is 503 g/mol. The van der Waals surface area contributed by atoms with Gasteiger partial charge in [-0.2, -0.15) is 0 Å². The van der Waals surface area contributed by atoms with Gasteiger partial charge in [-0.25, -0.2) is 18.2 Å². The highest BCUT2D eigenvalue weighted by atomic mass is 35.5. The molecular weight excluding hydrogens is 477 g/mol. The molecular formula is C27H26ClF3N2O2. The van der Waals surface area contributed by atoms with Crippen LogP contribution in [0.4, 0.5) is 13.2 Å². The van der Waals surface area contributed by atoms with Crippen LogP contribution < -0.4 is 4.74 Å². The van der Waals surface area contributed by atoms with Gasteiger partial charge in [0.2, 0.25) is 0 Å². The van der Waals surface area contributed by atoms with Crippen molar-refractivity contribution in [3.63, 3.8) is 0 Å². The molecule has 0 aliphatic heterocycles. The molecule has 1 fully saturated rings. The SMILES string of the molecule is C/C=C1/C=C(CC(c2cc(C)c(OCC)c(-c3ccc(F)c(Cl)c3F)n2)C2(F)CC2)C=C(O)C1=N. The van der Waals surface area contributed by atoms with Crippen LogP contribution in [0.25, 0.3) is 11.3 Å². The van der Waals surface area contributed by atoms with Crippen molar-refractivity contribution in [2.75, 3.05) is 6.61 Å². The summed E-state index contributed by atoms with van der Waals surface area (Å²) in [5, 5.41) is 17.5. The molecule has 2 N–H and O–H groups in total. The van der Waals surface area contributed by atoms with Crippen molar-refractivity contribution in [1.82, 2.24) is 4.98 Å². The highest BCUT2D eigenvalue weighted by Gasteiger charge is 2.51. The number of allylic oxidation sites excluding steroid dienone is 5. The lowest BCUT2D eigenvalue weighted by Crippen LogP contribution is -2.19. The van der Waals surface area contributed by atoms with Crippen molar-refractivity contribution >= 4 is 17.3 Å². The number of nitrogens with zero attached hydrogens (tertiary/aromatic N) is 1. The first-order valence-corrected chi connectivity index (χ1v) is 11.8. The molecule has 2 aromatic rings. The molecule has 4 rings (SSSR count). The minimum atomic E-state index is -1.51. The number of nitrogens with one attached hydrogen (secondary N) is 1. The van der Waals surface area contributed by atoms with Crippen LogP contribution in [-0.2, 0) is 0 Å². The van der Waals surface area contributed by atoms with E-state index in [2.05, 4.69) is 4.98 Å². The number of aliphatic hydroxyl groups excluding tert-OH is 1. The van der Waals surface area contributed by atoms with Gasteiger partial charge in [-0.05, 0) is 87.1 Å². The Labute approximate surface area is 207 Å². The Morgan fingerprint density at radius 2 is 2.00 bits per heavy atom.